The van der Waals surface area contributed by atoms with Gasteiger partial charge in [-0.2, -0.15) is 9.90 Å². The molecule has 1 amide bonds. The highest BCUT2D eigenvalue weighted by molar-refractivity contribution is 5.76. The molecule has 4 rings (SSSR count). The number of fused-ring (bicyclic) bond motifs is 1. The summed E-state index contributed by atoms with van der Waals surface area (Å²) in [6, 6.07) is 7.83. The van der Waals surface area contributed by atoms with Crippen molar-refractivity contribution in [3.63, 3.8) is 0 Å². The van der Waals surface area contributed by atoms with Crippen molar-refractivity contribution in [3.8, 4) is 11.4 Å². The van der Waals surface area contributed by atoms with Gasteiger partial charge in [0, 0.05) is 16.8 Å². The lowest BCUT2D eigenvalue weighted by atomic mass is 9.92. The molecular weight excluding hydrogens is 366 g/mol. The van der Waals surface area contributed by atoms with Gasteiger partial charge >= 0.3 is 0 Å². The number of benzene rings is 1. The van der Waals surface area contributed by atoms with Crippen LogP contribution in [-0.4, -0.2) is 35.9 Å². The summed E-state index contributed by atoms with van der Waals surface area (Å²) in [4.78, 5) is 14.0. The first-order valence-electron chi connectivity index (χ1n) is 10.0. The van der Waals surface area contributed by atoms with Crippen LogP contribution in [0.25, 0.3) is 11.4 Å². The van der Waals surface area contributed by atoms with Crippen LogP contribution in [0, 0.1) is 6.92 Å². The fourth-order valence-corrected chi connectivity index (χ4v) is 3.90. The van der Waals surface area contributed by atoms with Crippen LogP contribution in [0.15, 0.2) is 30.5 Å². The molecule has 1 N–H and O–H groups in total. The zero-order chi connectivity index (χ0) is 20.6. The average molecular weight is 393 g/mol. The van der Waals surface area contributed by atoms with Gasteiger partial charge in [0.2, 0.25) is 11.7 Å². The van der Waals surface area contributed by atoms with E-state index in [1.165, 1.54) is 10.5 Å². The molecule has 2 heterocycles. The van der Waals surface area contributed by atoms with E-state index in [0.29, 0.717) is 5.82 Å². The molecule has 1 unspecified atom stereocenters. The van der Waals surface area contributed by atoms with Crippen LogP contribution in [0.4, 0.5) is 0 Å². The molecule has 3 aromatic rings. The monoisotopic (exact) mass is 393 g/mol. The number of aryl methyl sites for hydroxylation is 1. The SMILES string of the molecule is Cc1ccccc1-c1nnn(CC(=O)NC2CCCc3c2cnn3C(C)(C)C)n1. The Labute approximate surface area is 170 Å². The molecule has 8 heteroatoms. The second kappa shape index (κ2) is 7.42. The van der Waals surface area contributed by atoms with Gasteiger partial charge in [-0.15, -0.1) is 10.2 Å². The van der Waals surface area contributed by atoms with E-state index in [1.54, 1.807) is 0 Å². The number of aromatic nitrogens is 6. The standard InChI is InChI=1S/C21H27N7O/c1-14-8-5-6-9-15(14)20-24-26-27(25-20)13-19(29)23-17-10-7-11-18-16(17)12-22-28(18)21(2,3)4/h5-6,8-9,12,17H,7,10-11,13H2,1-4H3,(H,23,29). The third kappa shape index (κ3) is 3.92. The topological polar surface area (TPSA) is 90.5 Å². The Balaban J connectivity index is 1.46. The van der Waals surface area contributed by atoms with Gasteiger partial charge < -0.3 is 5.32 Å². The lowest BCUT2D eigenvalue weighted by molar-refractivity contribution is -0.122. The molecule has 29 heavy (non-hydrogen) atoms. The molecule has 0 aliphatic heterocycles. The molecular formula is C21H27N7O. The van der Waals surface area contributed by atoms with Crippen molar-refractivity contribution in [1.82, 2.24) is 35.3 Å². The quantitative estimate of drug-likeness (QED) is 0.736. The number of tetrazole rings is 1. The molecule has 1 aliphatic rings. The van der Waals surface area contributed by atoms with E-state index in [1.807, 2.05) is 37.4 Å². The summed E-state index contributed by atoms with van der Waals surface area (Å²) in [5.41, 5.74) is 4.25. The van der Waals surface area contributed by atoms with Gasteiger partial charge in [-0.05, 0) is 57.7 Å². The third-order valence-electron chi connectivity index (χ3n) is 5.28. The van der Waals surface area contributed by atoms with Crippen molar-refractivity contribution in [2.24, 2.45) is 0 Å². The predicted octanol–water partition coefficient (Wildman–Crippen LogP) is 2.79. The minimum atomic E-state index is -0.125. The van der Waals surface area contributed by atoms with Gasteiger partial charge in [0.25, 0.3) is 0 Å². The van der Waals surface area contributed by atoms with Gasteiger partial charge in [0.15, 0.2) is 0 Å². The highest BCUT2D eigenvalue weighted by Crippen LogP contribution is 2.32. The summed E-state index contributed by atoms with van der Waals surface area (Å²) in [6.07, 6.45) is 4.82. The molecule has 0 bridgehead atoms. The molecule has 1 aliphatic carbocycles. The molecule has 0 saturated heterocycles. The molecule has 2 aromatic heterocycles. The van der Waals surface area contributed by atoms with Crippen LogP contribution in [0.1, 0.15) is 56.5 Å². The van der Waals surface area contributed by atoms with E-state index in [2.05, 4.69) is 51.3 Å². The number of rotatable bonds is 4. The number of nitrogens with one attached hydrogen (secondary N) is 1. The minimum Gasteiger partial charge on any atom is -0.348 e. The summed E-state index contributed by atoms with van der Waals surface area (Å²) < 4.78 is 2.08. The van der Waals surface area contributed by atoms with Crippen molar-refractivity contribution < 1.29 is 4.79 Å². The largest absolute Gasteiger partial charge is 0.348 e. The number of nitrogens with zero attached hydrogens (tertiary/aromatic N) is 6. The summed E-state index contributed by atoms with van der Waals surface area (Å²) in [5.74, 6) is 0.405. The average Bonchev–Trinajstić information content (AvgIpc) is 3.29. The summed E-state index contributed by atoms with van der Waals surface area (Å²) in [6.45, 7) is 8.47. The van der Waals surface area contributed by atoms with Crippen LogP contribution in [0.5, 0.6) is 0 Å². The molecule has 0 radical (unpaired) electrons. The highest BCUT2D eigenvalue weighted by Gasteiger charge is 2.29. The lowest BCUT2D eigenvalue weighted by Gasteiger charge is -2.28. The van der Waals surface area contributed by atoms with Gasteiger partial charge in [0.1, 0.15) is 6.54 Å². The number of carbonyl (C=O) groups excluding carboxylic acids is 1. The zero-order valence-electron chi connectivity index (χ0n) is 17.4. The highest BCUT2D eigenvalue weighted by atomic mass is 16.2. The maximum absolute atomic E-state index is 12.6. The van der Waals surface area contributed by atoms with E-state index in [4.69, 9.17) is 0 Å². The molecule has 0 fully saturated rings. The maximum Gasteiger partial charge on any atom is 0.244 e. The van der Waals surface area contributed by atoms with Gasteiger partial charge in [-0.1, -0.05) is 24.3 Å². The first-order valence-corrected chi connectivity index (χ1v) is 10.0. The van der Waals surface area contributed by atoms with E-state index in [0.717, 1.165) is 36.0 Å². The van der Waals surface area contributed by atoms with Gasteiger partial charge in [-0.3, -0.25) is 9.48 Å². The first kappa shape index (κ1) is 19.3. The summed E-state index contributed by atoms with van der Waals surface area (Å²) >= 11 is 0. The number of carbonyl (C=O) groups is 1. The Kier molecular flexibility index (Phi) is 4.94. The first-order chi connectivity index (χ1) is 13.8. The lowest BCUT2D eigenvalue weighted by Crippen LogP contribution is -2.34. The molecule has 1 aromatic carbocycles. The number of hydrogen-bond donors (Lipinski definition) is 1. The van der Waals surface area contributed by atoms with Crippen LogP contribution in [-0.2, 0) is 23.3 Å². The fraction of sp³-hybridized carbons (Fsp3) is 0.476. The molecule has 1 atom stereocenters. The normalized spacial score (nSPS) is 16.5. The van der Waals surface area contributed by atoms with Crippen molar-refractivity contribution in [2.75, 3.05) is 0 Å². The Bertz CT molecular complexity index is 1030. The fourth-order valence-electron chi connectivity index (χ4n) is 3.90. The Morgan fingerprint density at radius 3 is 2.83 bits per heavy atom. The van der Waals surface area contributed by atoms with E-state index < -0.39 is 0 Å². The van der Waals surface area contributed by atoms with Gasteiger partial charge in [0.05, 0.1) is 17.8 Å². The van der Waals surface area contributed by atoms with Crippen LogP contribution < -0.4 is 5.32 Å². The Morgan fingerprint density at radius 2 is 2.07 bits per heavy atom. The van der Waals surface area contributed by atoms with Crippen molar-refractivity contribution in [2.45, 2.75) is 65.1 Å². The second-order valence-corrected chi connectivity index (χ2v) is 8.60. The maximum atomic E-state index is 12.6. The second-order valence-electron chi connectivity index (χ2n) is 8.60. The Hall–Kier alpha value is -3.03. The third-order valence-corrected chi connectivity index (χ3v) is 5.28. The van der Waals surface area contributed by atoms with Crippen LogP contribution in [0.3, 0.4) is 0 Å². The molecule has 0 spiro atoms. The van der Waals surface area contributed by atoms with Crippen molar-refractivity contribution >= 4 is 5.91 Å². The van der Waals surface area contributed by atoms with Crippen molar-refractivity contribution in [3.05, 3.63) is 47.3 Å². The predicted molar refractivity (Wildman–Crippen MR) is 109 cm³/mol. The van der Waals surface area contributed by atoms with E-state index in [9.17, 15) is 4.79 Å². The van der Waals surface area contributed by atoms with E-state index in [-0.39, 0.29) is 24.0 Å². The molecule has 0 saturated carbocycles. The summed E-state index contributed by atoms with van der Waals surface area (Å²) in [5, 5.41) is 20.2. The minimum absolute atomic E-state index is 0.0262. The van der Waals surface area contributed by atoms with Crippen LogP contribution in [0.2, 0.25) is 0 Å². The van der Waals surface area contributed by atoms with Crippen molar-refractivity contribution in [1.29, 1.82) is 0 Å². The Morgan fingerprint density at radius 1 is 1.28 bits per heavy atom. The van der Waals surface area contributed by atoms with Gasteiger partial charge in [-0.25, -0.2) is 0 Å². The van der Waals surface area contributed by atoms with Crippen LogP contribution >= 0.6 is 0 Å². The molecule has 8 nitrogen and oxygen atoms in total. The zero-order valence-corrected chi connectivity index (χ0v) is 17.4. The number of amides is 1. The van der Waals surface area contributed by atoms with E-state index >= 15 is 0 Å². The summed E-state index contributed by atoms with van der Waals surface area (Å²) in [7, 11) is 0. The smallest absolute Gasteiger partial charge is 0.244 e. The number of hydrogen-bond acceptors (Lipinski definition) is 5. The molecule has 152 valence electrons.